The van der Waals surface area contributed by atoms with Gasteiger partial charge in [-0.3, -0.25) is 0 Å². The van der Waals surface area contributed by atoms with Crippen LogP contribution in [0.1, 0.15) is 18.5 Å². The highest BCUT2D eigenvalue weighted by atomic mass is 16.5. The lowest BCUT2D eigenvalue weighted by molar-refractivity contribution is 0.0683. The molecule has 5 nitrogen and oxygen atoms in total. The molecular weight excluding hydrogens is 208 g/mol. The zero-order valence-electron chi connectivity index (χ0n) is 9.76. The number of aliphatic hydroxyl groups is 1. The molecular formula is C11H20N2O3. The molecule has 1 N–H and O–H groups in total. The van der Waals surface area contributed by atoms with Crippen LogP contribution in [0, 0.1) is 0 Å². The summed E-state index contributed by atoms with van der Waals surface area (Å²) in [5.74, 6) is 0. The van der Waals surface area contributed by atoms with E-state index in [0.29, 0.717) is 13.2 Å². The Morgan fingerprint density at radius 2 is 2.19 bits per heavy atom. The van der Waals surface area contributed by atoms with E-state index in [4.69, 9.17) is 14.6 Å². The van der Waals surface area contributed by atoms with E-state index in [0.717, 1.165) is 31.7 Å². The van der Waals surface area contributed by atoms with Crippen LogP contribution in [0.3, 0.4) is 0 Å². The number of aliphatic hydroxyl groups excluding tert-OH is 1. The molecule has 1 aromatic heterocycles. The SMILES string of the molecule is COCCOCCCCn1cncc1CO. The summed E-state index contributed by atoms with van der Waals surface area (Å²) in [6, 6.07) is 0. The Labute approximate surface area is 96.0 Å². The highest BCUT2D eigenvalue weighted by molar-refractivity contribution is 4.95. The number of imidazole rings is 1. The molecule has 5 heteroatoms. The highest BCUT2D eigenvalue weighted by Crippen LogP contribution is 2.02. The van der Waals surface area contributed by atoms with Crippen molar-refractivity contribution in [2.75, 3.05) is 26.9 Å². The summed E-state index contributed by atoms with van der Waals surface area (Å²) in [4.78, 5) is 3.99. The van der Waals surface area contributed by atoms with Crippen LogP contribution in [0.25, 0.3) is 0 Å². The van der Waals surface area contributed by atoms with Crippen molar-refractivity contribution in [3.8, 4) is 0 Å². The predicted molar refractivity (Wildman–Crippen MR) is 60.1 cm³/mol. The molecule has 1 aromatic rings. The number of rotatable bonds is 9. The van der Waals surface area contributed by atoms with E-state index in [1.165, 1.54) is 0 Å². The fraction of sp³-hybridized carbons (Fsp3) is 0.727. The third-order valence-corrected chi connectivity index (χ3v) is 2.33. The first-order valence-electron chi connectivity index (χ1n) is 5.55. The normalized spacial score (nSPS) is 10.9. The van der Waals surface area contributed by atoms with Gasteiger partial charge in [-0.05, 0) is 12.8 Å². The Kier molecular flexibility index (Phi) is 6.80. The maximum atomic E-state index is 9.01. The maximum Gasteiger partial charge on any atom is 0.0948 e. The van der Waals surface area contributed by atoms with Crippen molar-refractivity contribution >= 4 is 0 Å². The lowest BCUT2D eigenvalue weighted by atomic mass is 10.3. The van der Waals surface area contributed by atoms with Gasteiger partial charge in [0.2, 0.25) is 0 Å². The smallest absolute Gasteiger partial charge is 0.0948 e. The Balaban J connectivity index is 2.03. The van der Waals surface area contributed by atoms with E-state index in [1.54, 1.807) is 19.6 Å². The van der Waals surface area contributed by atoms with Gasteiger partial charge < -0.3 is 19.1 Å². The second-order valence-electron chi connectivity index (χ2n) is 3.55. The van der Waals surface area contributed by atoms with Gasteiger partial charge in [0.15, 0.2) is 0 Å². The van der Waals surface area contributed by atoms with Gasteiger partial charge in [-0.1, -0.05) is 0 Å². The van der Waals surface area contributed by atoms with E-state index in [-0.39, 0.29) is 6.61 Å². The summed E-state index contributed by atoms with van der Waals surface area (Å²) >= 11 is 0. The Hall–Kier alpha value is -0.910. The molecule has 0 amide bonds. The molecule has 0 aliphatic rings. The number of nitrogens with zero attached hydrogens (tertiary/aromatic N) is 2. The van der Waals surface area contributed by atoms with Gasteiger partial charge in [0.05, 0.1) is 38.0 Å². The van der Waals surface area contributed by atoms with Crippen LogP contribution in [0.5, 0.6) is 0 Å². The van der Waals surface area contributed by atoms with Gasteiger partial charge in [-0.2, -0.15) is 0 Å². The largest absolute Gasteiger partial charge is 0.390 e. The Morgan fingerprint density at radius 1 is 1.31 bits per heavy atom. The number of ether oxygens (including phenoxy) is 2. The van der Waals surface area contributed by atoms with Crippen LogP contribution in [-0.2, 0) is 22.6 Å². The van der Waals surface area contributed by atoms with Crippen molar-refractivity contribution in [1.29, 1.82) is 0 Å². The molecule has 0 saturated heterocycles. The van der Waals surface area contributed by atoms with E-state index >= 15 is 0 Å². The van der Waals surface area contributed by atoms with E-state index in [9.17, 15) is 0 Å². The number of hydrogen-bond donors (Lipinski definition) is 1. The van der Waals surface area contributed by atoms with Crippen molar-refractivity contribution in [3.05, 3.63) is 18.2 Å². The third-order valence-electron chi connectivity index (χ3n) is 2.33. The minimum atomic E-state index is 0.0460. The quantitative estimate of drug-likeness (QED) is 0.636. The molecule has 0 fully saturated rings. The van der Waals surface area contributed by atoms with Crippen molar-refractivity contribution in [3.63, 3.8) is 0 Å². The van der Waals surface area contributed by atoms with Crippen molar-refractivity contribution in [2.24, 2.45) is 0 Å². The van der Waals surface area contributed by atoms with Gasteiger partial charge in [0.1, 0.15) is 0 Å². The van der Waals surface area contributed by atoms with Crippen LogP contribution < -0.4 is 0 Å². The van der Waals surface area contributed by atoms with E-state index in [1.807, 2.05) is 4.57 Å². The minimum absolute atomic E-state index is 0.0460. The zero-order valence-corrected chi connectivity index (χ0v) is 9.76. The van der Waals surface area contributed by atoms with Gasteiger partial charge in [0, 0.05) is 20.3 Å². The predicted octanol–water partition coefficient (Wildman–Crippen LogP) is 0.819. The second kappa shape index (κ2) is 8.27. The molecule has 0 aliphatic carbocycles. The Bertz CT molecular complexity index is 276. The maximum absolute atomic E-state index is 9.01. The monoisotopic (exact) mass is 228 g/mol. The first kappa shape index (κ1) is 13.2. The third kappa shape index (κ3) is 4.74. The van der Waals surface area contributed by atoms with E-state index in [2.05, 4.69) is 4.98 Å². The van der Waals surface area contributed by atoms with Crippen LogP contribution in [0.15, 0.2) is 12.5 Å². The molecule has 0 aliphatic heterocycles. The molecule has 0 aromatic carbocycles. The molecule has 0 unspecified atom stereocenters. The van der Waals surface area contributed by atoms with Crippen molar-refractivity contribution in [2.45, 2.75) is 26.0 Å². The second-order valence-corrected chi connectivity index (χ2v) is 3.55. The number of hydrogen-bond acceptors (Lipinski definition) is 4. The Morgan fingerprint density at radius 3 is 2.94 bits per heavy atom. The van der Waals surface area contributed by atoms with Crippen LogP contribution in [-0.4, -0.2) is 41.6 Å². The molecule has 1 heterocycles. The fourth-order valence-corrected chi connectivity index (χ4v) is 1.41. The molecule has 0 bridgehead atoms. The average molecular weight is 228 g/mol. The van der Waals surface area contributed by atoms with Crippen molar-refractivity contribution in [1.82, 2.24) is 9.55 Å². The lowest BCUT2D eigenvalue weighted by Gasteiger charge is -2.06. The standard InChI is InChI=1S/C11H20N2O3/c1-15-6-7-16-5-3-2-4-13-10-12-8-11(13)9-14/h8,10,14H,2-7,9H2,1H3. The summed E-state index contributed by atoms with van der Waals surface area (Å²) in [5.41, 5.74) is 0.861. The van der Waals surface area contributed by atoms with Gasteiger partial charge in [-0.25, -0.2) is 4.98 Å². The van der Waals surface area contributed by atoms with Crippen LogP contribution in [0.2, 0.25) is 0 Å². The first-order valence-corrected chi connectivity index (χ1v) is 5.55. The topological polar surface area (TPSA) is 56.5 Å². The minimum Gasteiger partial charge on any atom is -0.390 e. The highest BCUT2D eigenvalue weighted by Gasteiger charge is 1.99. The first-order chi connectivity index (χ1) is 7.88. The van der Waals surface area contributed by atoms with Gasteiger partial charge in [-0.15, -0.1) is 0 Å². The fourth-order valence-electron chi connectivity index (χ4n) is 1.41. The molecule has 1 rings (SSSR count). The summed E-state index contributed by atoms with van der Waals surface area (Å²) in [5, 5.41) is 9.01. The summed E-state index contributed by atoms with van der Waals surface area (Å²) in [6.45, 7) is 2.99. The molecule has 0 radical (unpaired) electrons. The number of aryl methyl sites for hydroxylation is 1. The van der Waals surface area contributed by atoms with Crippen molar-refractivity contribution < 1.29 is 14.6 Å². The molecule has 16 heavy (non-hydrogen) atoms. The number of methoxy groups -OCH3 is 1. The molecule has 0 saturated carbocycles. The summed E-state index contributed by atoms with van der Waals surface area (Å²) in [6.07, 6.45) is 5.47. The van der Waals surface area contributed by atoms with Gasteiger partial charge >= 0.3 is 0 Å². The summed E-state index contributed by atoms with van der Waals surface area (Å²) in [7, 11) is 1.67. The van der Waals surface area contributed by atoms with E-state index < -0.39 is 0 Å². The lowest BCUT2D eigenvalue weighted by Crippen LogP contribution is -2.05. The zero-order chi connectivity index (χ0) is 11.6. The average Bonchev–Trinajstić information content (AvgIpc) is 2.75. The molecule has 0 atom stereocenters. The van der Waals surface area contributed by atoms with Crippen LogP contribution >= 0.6 is 0 Å². The summed E-state index contributed by atoms with van der Waals surface area (Å²) < 4.78 is 12.2. The molecule has 0 spiro atoms. The number of aromatic nitrogens is 2. The van der Waals surface area contributed by atoms with Gasteiger partial charge in [0.25, 0.3) is 0 Å². The molecule has 92 valence electrons. The van der Waals surface area contributed by atoms with Crippen LogP contribution in [0.4, 0.5) is 0 Å². The number of unbranched alkanes of at least 4 members (excludes halogenated alkanes) is 1.